The van der Waals surface area contributed by atoms with Gasteiger partial charge in [-0.2, -0.15) is 0 Å². The highest BCUT2D eigenvalue weighted by Crippen LogP contribution is 2.41. The third kappa shape index (κ3) is 3.92. The molecule has 6 nitrogen and oxygen atoms in total. The number of benzene rings is 1. The van der Waals surface area contributed by atoms with Gasteiger partial charge in [0.25, 0.3) is 0 Å². The molecule has 6 heteroatoms. The van der Waals surface area contributed by atoms with E-state index in [1.54, 1.807) is 0 Å². The van der Waals surface area contributed by atoms with Crippen molar-refractivity contribution in [2.45, 2.75) is 51.9 Å². The van der Waals surface area contributed by atoms with Gasteiger partial charge in [-0.05, 0) is 18.9 Å². The number of fused-ring (bicyclic) bond motifs is 2. The standard InChI is InChI=1S/C23H33N3O3/c1-16(2)22(27)25-15-19-13-20(23(28)24-9-11-29-12-10-24)21(17(25)3)26(19)14-18-7-5-4-6-8-18/h4-8,16-17,19-21H,9-15H2,1-3H3/t17?,19-,20+,21-/m1/s1. The highest BCUT2D eigenvalue weighted by Gasteiger charge is 2.54. The summed E-state index contributed by atoms with van der Waals surface area (Å²) in [7, 11) is 0. The van der Waals surface area contributed by atoms with Gasteiger partial charge in [-0.25, -0.2) is 0 Å². The first-order valence-electron chi connectivity index (χ1n) is 10.9. The van der Waals surface area contributed by atoms with Crippen LogP contribution in [-0.2, 0) is 20.9 Å². The van der Waals surface area contributed by atoms with Crippen LogP contribution in [0.2, 0.25) is 0 Å². The van der Waals surface area contributed by atoms with Gasteiger partial charge in [-0.1, -0.05) is 44.2 Å². The Bertz CT molecular complexity index is 732. The number of likely N-dealkylation sites (tertiary alicyclic amines) is 1. The maximum Gasteiger partial charge on any atom is 0.227 e. The van der Waals surface area contributed by atoms with Crippen LogP contribution in [0.3, 0.4) is 0 Å². The van der Waals surface area contributed by atoms with Gasteiger partial charge >= 0.3 is 0 Å². The summed E-state index contributed by atoms with van der Waals surface area (Å²) in [6, 6.07) is 10.8. The fraction of sp³-hybridized carbons (Fsp3) is 0.652. The van der Waals surface area contributed by atoms with Crippen LogP contribution in [-0.4, -0.2) is 77.5 Å². The lowest BCUT2D eigenvalue weighted by Crippen LogP contribution is -2.62. The van der Waals surface area contributed by atoms with Crippen molar-refractivity contribution in [3.05, 3.63) is 35.9 Å². The first-order chi connectivity index (χ1) is 14.0. The van der Waals surface area contributed by atoms with Crippen molar-refractivity contribution in [3.8, 4) is 0 Å². The van der Waals surface area contributed by atoms with Crippen molar-refractivity contribution in [1.29, 1.82) is 0 Å². The minimum Gasteiger partial charge on any atom is -0.378 e. The number of piperazine rings is 1. The van der Waals surface area contributed by atoms with Crippen molar-refractivity contribution in [2.75, 3.05) is 32.8 Å². The topological polar surface area (TPSA) is 53.1 Å². The second-order valence-corrected chi connectivity index (χ2v) is 8.97. The molecule has 0 radical (unpaired) electrons. The molecular formula is C23H33N3O3. The Morgan fingerprint density at radius 1 is 1.14 bits per heavy atom. The Balaban J connectivity index is 1.60. The summed E-state index contributed by atoms with van der Waals surface area (Å²) < 4.78 is 5.44. The largest absolute Gasteiger partial charge is 0.378 e. The van der Waals surface area contributed by atoms with Crippen LogP contribution in [0, 0.1) is 11.8 Å². The fourth-order valence-electron chi connectivity index (χ4n) is 5.33. The summed E-state index contributed by atoms with van der Waals surface area (Å²) in [5.74, 6) is 0.364. The van der Waals surface area contributed by atoms with E-state index < -0.39 is 0 Å². The molecule has 3 aliphatic heterocycles. The predicted octanol–water partition coefficient (Wildman–Crippen LogP) is 1.99. The Labute approximate surface area is 173 Å². The number of carbonyl (C=O) groups is 2. The van der Waals surface area contributed by atoms with Crippen LogP contribution in [0.15, 0.2) is 30.3 Å². The van der Waals surface area contributed by atoms with Crippen molar-refractivity contribution in [2.24, 2.45) is 11.8 Å². The molecule has 1 unspecified atom stereocenters. The summed E-state index contributed by atoms with van der Waals surface area (Å²) in [5, 5.41) is 0. The van der Waals surface area contributed by atoms with E-state index >= 15 is 0 Å². The van der Waals surface area contributed by atoms with Crippen molar-refractivity contribution in [1.82, 2.24) is 14.7 Å². The molecule has 29 heavy (non-hydrogen) atoms. The van der Waals surface area contributed by atoms with Crippen LogP contribution < -0.4 is 0 Å². The van der Waals surface area contributed by atoms with Gasteiger partial charge in [0.1, 0.15) is 0 Å². The van der Waals surface area contributed by atoms with Crippen LogP contribution >= 0.6 is 0 Å². The molecule has 2 amide bonds. The van der Waals surface area contributed by atoms with Gasteiger partial charge in [-0.3, -0.25) is 14.5 Å². The fourth-order valence-corrected chi connectivity index (χ4v) is 5.33. The number of ether oxygens (including phenoxy) is 1. The average Bonchev–Trinajstić information content (AvgIpc) is 3.01. The van der Waals surface area contributed by atoms with Crippen molar-refractivity contribution in [3.63, 3.8) is 0 Å². The molecule has 2 bridgehead atoms. The molecule has 1 aromatic carbocycles. The molecule has 4 rings (SSSR count). The van der Waals surface area contributed by atoms with E-state index in [9.17, 15) is 9.59 Å². The number of rotatable bonds is 4. The maximum atomic E-state index is 13.4. The minimum atomic E-state index is -0.0539. The zero-order chi connectivity index (χ0) is 20.5. The van der Waals surface area contributed by atoms with Gasteiger partial charge in [0.05, 0.1) is 19.1 Å². The molecule has 3 heterocycles. The minimum absolute atomic E-state index is 0.0223. The molecule has 0 saturated carbocycles. The van der Waals surface area contributed by atoms with Crippen LogP contribution in [0.4, 0.5) is 0 Å². The zero-order valence-electron chi connectivity index (χ0n) is 17.8. The molecule has 3 saturated heterocycles. The van der Waals surface area contributed by atoms with E-state index in [0.717, 1.165) is 13.0 Å². The number of carbonyl (C=O) groups excluding carboxylic acids is 2. The number of morpholine rings is 1. The first-order valence-corrected chi connectivity index (χ1v) is 10.9. The summed E-state index contributed by atoms with van der Waals surface area (Å²) in [5.41, 5.74) is 1.26. The summed E-state index contributed by atoms with van der Waals surface area (Å²) >= 11 is 0. The van der Waals surface area contributed by atoms with E-state index in [1.807, 2.05) is 29.7 Å². The number of hydrogen-bond acceptors (Lipinski definition) is 4. The molecule has 3 fully saturated rings. The summed E-state index contributed by atoms with van der Waals surface area (Å²) in [6.45, 7) is 10.2. The predicted molar refractivity (Wildman–Crippen MR) is 111 cm³/mol. The monoisotopic (exact) mass is 399 g/mol. The van der Waals surface area contributed by atoms with E-state index in [4.69, 9.17) is 4.74 Å². The number of hydrogen-bond donors (Lipinski definition) is 0. The lowest BCUT2D eigenvalue weighted by atomic mass is 9.92. The van der Waals surface area contributed by atoms with Gasteiger partial charge < -0.3 is 14.5 Å². The Hall–Kier alpha value is -1.92. The van der Waals surface area contributed by atoms with Crippen molar-refractivity contribution < 1.29 is 14.3 Å². The molecule has 0 N–H and O–H groups in total. The molecule has 0 spiro atoms. The molecule has 1 aromatic rings. The zero-order valence-corrected chi connectivity index (χ0v) is 17.8. The Kier molecular flexibility index (Phi) is 5.93. The van der Waals surface area contributed by atoms with Gasteiger partial charge in [-0.15, -0.1) is 0 Å². The third-order valence-corrected chi connectivity index (χ3v) is 6.81. The smallest absolute Gasteiger partial charge is 0.227 e. The molecular weight excluding hydrogens is 366 g/mol. The van der Waals surface area contributed by atoms with Crippen LogP contribution in [0.5, 0.6) is 0 Å². The second-order valence-electron chi connectivity index (χ2n) is 8.97. The molecule has 0 aliphatic carbocycles. The quantitative estimate of drug-likeness (QED) is 0.777. The van der Waals surface area contributed by atoms with E-state index in [1.165, 1.54) is 5.56 Å². The van der Waals surface area contributed by atoms with Gasteiger partial charge in [0.2, 0.25) is 11.8 Å². The van der Waals surface area contributed by atoms with E-state index in [0.29, 0.717) is 32.8 Å². The molecule has 158 valence electrons. The summed E-state index contributed by atoms with van der Waals surface area (Å²) in [4.78, 5) is 32.8. The average molecular weight is 400 g/mol. The normalized spacial score (nSPS) is 30.1. The SMILES string of the molecule is CC(C)C(=O)N1C[C@H]2C[C@H](C(=O)N3CCOCC3)[C@@H](C1C)N2Cc1ccccc1. The molecule has 3 aliphatic rings. The van der Waals surface area contributed by atoms with E-state index in [-0.39, 0.29) is 41.8 Å². The van der Waals surface area contributed by atoms with Crippen molar-refractivity contribution >= 4 is 11.8 Å². The third-order valence-electron chi connectivity index (χ3n) is 6.81. The van der Waals surface area contributed by atoms with Gasteiger partial charge in [0.15, 0.2) is 0 Å². The molecule has 0 aromatic heterocycles. The maximum absolute atomic E-state index is 13.4. The lowest BCUT2D eigenvalue weighted by molar-refractivity contribution is -0.146. The Morgan fingerprint density at radius 2 is 1.83 bits per heavy atom. The molecule has 4 atom stereocenters. The van der Waals surface area contributed by atoms with E-state index in [2.05, 4.69) is 36.1 Å². The highest BCUT2D eigenvalue weighted by atomic mass is 16.5. The highest BCUT2D eigenvalue weighted by molar-refractivity contribution is 5.82. The number of nitrogens with zero attached hydrogens (tertiary/aromatic N) is 3. The number of amides is 2. The van der Waals surface area contributed by atoms with Crippen LogP contribution in [0.25, 0.3) is 0 Å². The van der Waals surface area contributed by atoms with Crippen LogP contribution in [0.1, 0.15) is 32.8 Å². The Morgan fingerprint density at radius 3 is 2.48 bits per heavy atom. The summed E-state index contributed by atoms with van der Waals surface area (Å²) in [6.07, 6.45) is 0.833. The van der Waals surface area contributed by atoms with Gasteiger partial charge in [0, 0.05) is 50.2 Å². The first kappa shape index (κ1) is 20.4. The lowest BCUT2D eigenvalue weighted by Gasteiger charge is -2.47. The second kappa shape index (κ2) is 8.44.